The van der Waals surface area contributed by atoms with Gasteiger partial charge in [-0.3, -0.25) is 0 Å². The van der Waals surface area contributed by atoms with E-state index in [2.05, 4.69) is 42.9 Å². The molecule has 4 aromatic rings. The van der Waals surface area contributed by atoms with Crippen LogP contribution in [0.2, 0.25) is 0 Å². The Hall–Kier alpha value is -2.80. The van der Waals surface area contributed by atoms with Gasteiger partial charge in [-0.05, 0) is 26.0 Å². The zero-order chi connectivity index (χ0) is 15.8. The molecule has 3 aromatic heterocycles. The van der Waals surface area contributed by atoms with E-state index in [0.29, 0.717) is 5.78 Å². The van der Waals surface area contributed by atoms with E-state index >= 15 is 0 Å². The molecule has 0 spiro atoms. The summed E-state index contributed by atoms with van der Waals surface area (Å²) in [5, 5.41) is 10.7. The molecule has 4 rings (SSSR count). The number of aryl methyl sites for hydroxylation is 2. The highest BCUT2D eigenvalue weighted by atomic mass is 32.1. The molecule has 0 aliphatic carbocycles. The first-order chi connectivity index (χ1) is 11.2. The summed E-state index contributed by atoms with van der Waals surface area (Å²) in [6.07, 6.45) is 1.50. The van der Waals surface area contributed by atoms with Crippen molar-refractivity contribution in [2.45, 2.75) is 13.8 Å². The van der Waals surface area contributed by atoms with Gasteiger partial charge < -0.3 is 5.32 Å². The van der Waals surface area contributed by atoms with Crippen molar-refractivity contribution in [1.29, 1.82) is 0 Å². The summed E-state index contributed by atoms with van der Waals surface area (Å²) in [5.74, 6) is 1.41. The smallest absolute Gasteiger partial charge is 0.254 e. The van der Waals surface area contributed by atoms with E-state index in [-0.39, 0.29) is 0 Å². The lowest BCUT2D eigenvalue weighted by molar-refractivity contribution is 0.937. The Bertz CT molecular complexity index is 987. The normalized spacial score (nSPS) is 11.0. The molecule has 6 nitrogen and oxygen atoms in total. The van der Waals surface area contributed by atoms with Crippen LogP contribution >= 0.6 is 11.3 Å². The number of nitrogens with zero attached hydrogens (tertiary/aromatic N) is 5. The van der Waals surface area contributed by atoms with Crippen LogP contribution in [0.15, 0.2) is 42.0 Å². The molecule has 0 fully saturated rings. The van der Waals surface area contributed by atoms with Gasteiger partial charge in [-0.1, -0.05) is 12.1 Å². The van der Waals surface area contributed by atoms with Gasteiger partial charge in [0.15, 0.2) is 0 Å². The van der Waals surface area contributed by atoms with Crippen LogP contribution in [-0.2, 0) is 0 Å². The number of thiazole rings is 1. The highest BCUT2D eigenvalue weighted by Crippen LogP contribution is 2.27. The number of rotatable bonds is 3. The van der Waals surface area contributed by atoms with Crippen LogP contribution < -0.4 is 5.32 Å². The maximum atomic E-state index is 4.54. The third-order valence-corrected chi connectivity index (χ3v) is 4.39. The summed E-state index contributed by atoms with van der Waals surface area (Å²) in [5.41, 5.74) is 3.99. The quantitative estimate of drug-likeness (QED) is 0.624. The van der Waals surface area contributed by atoms with E-state index in [4.69, 9.17) is 0 Å². The zero-order valence-corrected chi connectivity index (χ0v) is 13.5. The summed E-state index contributed by atoms with van der Waals surface area (Å²) in [4.78, 5) is 13.0. The number of aromatic nitrogens is 5. The minimum absolute atomic E-state index is 0.583. The second-order valence-electron chi connectivity index (χ2n) is 5.25. The average molecular weight is 322 g/mol. The summed E-state index contributed by atoms with van der Waals surface area (Å²) < 4.78 is 1.69. The second kappa shape index (κ2) is 5.44. The molecule has 114 valence electrons. The van der Waals surface area contributed by atoms with Crippen molar-refractivity contribution in [2.24, 2.45) is 0 Å². The van der Waals surface area contributed by atoms with Crippen LogP contribution in [0.4, 0.5) is 11.5 Å². The van der Waals surface area contributed by atoms with Gasteiger partial charge in [0.1, 0.15) is 17.2 Å². The number of benzene rings is 1. The van der Waals surface area contributed by atoms with Gasteiger partial charge in [-0.2, -0.15) is 14.6 Å². The number of anilines is 2. The van der Waals surface area contributed by atoms with Crippen LogP contribution in [0.5, 0.6) is 0 Å². The van der Waals surface area contributed by atoms with Gasteiger partial charge in [-0.25, -0.2) is 9.97 Å². The van der Waals surface area contributed by atoms with Crippen LogP contribution in [0, 0.1) is 13.8 Å². The second-order valence-corrected chi connectivity index (χ2v) is 6.11. The Kier molecular flexibility index (Phi) is 3.27. The van der Waals surface area contributed by atoms with Crippen LogP contribution in [0.3, 0.4) is 0 Å². The molecule has 1 N–H and O–H groups in total. The summed E-state index contributed by atoms with van der Waals surface area (Å²) in [6.45, 7) is 3.94. The van der Waals surface area contributed by atoms with E-state index < -0.39 is 0 Å². The van der Waals surface area contributed by atoms with E-state index in [1.54, 1.807) is 15.9 Å². The lowest BCUT2D eigenvalue weighted by atomic mass is 10.2. The van der Waals surface area contributed by atoms with Gasteiger partial charge in [0.25, 0.3) is 5.78 Å². The van der Waals surface area contributed by atoms with E-state index in [9.17, 15) is 0 Å². The fraction of sp³-hybridized carbons (Fsp3) is 0.125. The predicted octanol–water partition coefficient (Wildman–Crippen LogP) is 3.61. The van der Waals surface area contributed by atoms with Crippen molar-refractivity contribution in [3.05, 3.63) is 53.4 Å². The molecule has 0 unspecified atom stereocenters. The number of fused-ring (bicyclic) bond motifs is 1. The maximum absolute atomic E-state index is 4.54. The third-order valence-electron chi connectivity index (χ3n) is 3.38. The number of hydrogen-bond acceptors (Lipinski definition) is 6. The van der Waals surface area contributed by atoms with Crippen LogP contribution in [-0.4, -0.2) is 24.6 Å². The van der Waals surface area contributed by atoms with Gasteiger partial charge >= 0.3 is 0 Å². The van der Waals surface area contributed by atoms with Gasteiger partial charge in [0.2, 0.25) is 0 Å². The topological polar surface area (TPSA) is 68.0 Å². The van der Waals surface area contributed by atoms with Gasteiger partial charge in [0.05, 0.1) is 0 Å². The average Bonchev–Trinajstić information content (AvgIpc) is 3.16. The maximum Gasteiger partial charge on any atom is 0.254 e. The van der Waals surface area contributed by atoms with Crippen molar-refractivity contribution in [2.75, 3.05) is 5.32 Å². The molecular weight excluding hydrogens is 308 g/mol. The Balaban J connectivity index is 1.72. The molecule has 3 heterocycles. The fourth-order valence-electron chi connectivity index (χ4n) is 2.38. The fourth-order valence-corrected chi connectivity index (χ4v) is 3.18. The molecule has 1 aromatic carbocycles. The SMILES string of the molecule is Cc1csc(-c2cccc(Nc3cc(C)nc4ncnn34)c2)n1. The minimum atomic E-state index is 0.583. The Morgan fingerprint density at radius 2 is 2.00 bits per heavy atom. The first-order valence-corrected chi connectivity index (χ1v) is 8.04. The summed E-state index contributed by atoms with van der Waals surface area (Å²) >= 11 is 1.65. The van der Waals surface area contributed by atoms with E-state index in [1.807, 2.05) is 32.0 Å². The molecule has 0 saturated heterocycles. The minimum Gasteiger partial charge on any atom is -0.340 e. The highest BCUT2D eigenvalue weighted by molar-refractivity contribution is 7.13. The molecule has 0 radical (unpaired) electrons. The first-order valence-electron chi connectivity index (χ1n) is 7.16. The first kappa shape index (κ1) is 13.8. The summed E-state index contributed by atoms with van der Waals surface area (Å²) in [7, 11) is 0. The number of hydrogen-bond donors (Lipinski definition) is 1. The highest BCUT2D eigenvalue weighted by Gasteiger charge is 2.07. The molecule has 0 atom stereocenters. The van der Waals surface area contributed by atoms with Crippen LogP contribution in [0.1, 0.15) is 11.4 Å². The monoisotopic (exact) mass is 322 g/mol. The largest absolute Gasteiger partial charge is 0.340 e. The Morgan fingerprint density at radius 3 is 2.83 bits per heavy atom. The molecule has 0 amide bonds. The lowest BCUT2D eigenvalue weighted by Gasteiger charge is -2.09. The molecular formula is C16H14N6S. The zero-order valence-electron chi connectivity index (χ0n) is 12.7. The van der Waals surface area contributed by atoms with Gasteiger partial charge in [-0.15, -0.1) is 11.3 Å². The molecule has 0 aliphatic rings. The lowest BCUT2D eigenvalue weighted by Crippen LogP contribution is -2.02. The molecule has 7 heteroatoms. The molecule has 23 heavy (non-hydrogen) atoms. The number of nitrogens with one attached hydrogen (secondary N) is 1. The van der Waals surface area contributed by atoms with E-state index in [0.717, 1.165) is 33.5 Å². The van der Waals surface area contributed by atoms with Crippen molar-refractivity contribution in [1.82, 2.24) is 24.6 Å². The molecule has 0 bridgehead atoms. The van der Waals surface area contributed by atoms with Crippen molar-refractivity contribution in [3.8, 4) is 10.6 Å². The van der Waals surface area contributed by atoms with Crippen molar-refractivity contribution >= 4 is 28.6 Å². The Labute approximate surface area is 136 Å². The molecule has 0 aliphatic heterocycles. The van der Waals surface area contributed by atoms with Crippen molar-refractivity contribution < 1.29 is 0 Å². The van der Waals surface area contributed by atoms with Crippen LogP contribution in [0.25, 0.3) is 16.3 Å². The standard InChI is InChI=1S/C16H14N6S/c1-10-6-14(22-16(20-10)17-9-18-22)21-13-5-3-4-12(7-13)15-19-11(2)8-23-15/h3-9,21H,1-2H3. The third kappa shape index (κ3) is 2.66. The Morgan fingerprint density at radius 1 is 1.09 bits per heavy atom. The van der Waals surface area contributed by atoms with E-state index in [1.165, 1.54) is 6.33 Å². The predicted molar refractivity (Wildman–Crippen MR) is 91.1 cm³/mol. The van der Waals surface area contributed by atoms with Gasteiger partial charge in [0, 0.05) is 34.1 Å². The molecule has 0 saturated carbocycles. The van der Waals surface area contributed by atoms with Crippen molar-refractivity contribution in [3.63, 3.8) is 0 Å². The summed E-state index contributed by atoms with van der Waals surface area (Å²) in [6, 6.07) is 10.1.